The van der Waals surface area contributed by atoms with Crippen LogP contribution in [0, 0.1) is 19.4 Å². The van der Waals surface area contributed by atoms with Crippen LogP contribution in [0.15, 0.2) is 60.8 Å². The fraction of sp³-hybridized carbons (Fsp3) is 0.545. The Morgan fingerprint density at radius 1 is 0.974 bits per heavy atom. The van der Waals surface area contributed by atoms with E-state index in [0.717, 1.165) is 25.0 Å². The molecule has 0 spiro atoms. The van der Waals surface area contributed by atoms with Gasteiger partial charge < -0.3 is 17.3 Å². The maximum Gasteiger partial charge on any atom is 1.00 e. The molecule has 214 valence electrons. The summed E-state index contributed by atoms with van der Waals surface area (Å²) >= 11 is 0. The fourth-order valence-corrected chi connectivity index (χ4v) is 3.72. The summed E-state index contributed by atoms with van der Waals surface area (Å²) in [6, 6.07) is 21.6. The summed E-state index contributed by atoms with van der Waals surface area (Å²) < 4.78 is 8.22. The van der Waals surface area contributed by atoms with E-state index in [1.54, 1.807) is 0 Å². The van der Waals surface area contributed by atoms with Gasteiger partial charge in [-0.05, 0) is 58.4 Å². The van der Waals surface area contributed by atoms with Gasteiger partial charge in [0.1, 0.15) is 0 Å². The summed E-state index contributed by atoms with van der Waals surface area (Å²) in [6.07, 6.45) is 4.75. The Hall–Kier alpha value is -0.864. The second-order valence-electron chi connectivity index (χ2n) is 10.9. The Kier molecular flexibility index (Phi) is 21.6. The molecule has 0 aliphatic heterocycles. The van der Waals surface area contributed by atoms with E-state index in [4.69, 9.17) is 9.84 Å². The quantitative estimate of drug-likeness (QED) is 0.267. The van der Waals surface area contributed by atoms with E-state index >= 15 is 0 Å². The number of ether oxygens (including phenoxy) is 1. The summed E-state index contributed by atoms with van der Waals surface area (Å²) in [7, 11) is 0. The molecule has 0 aliphatic rings. The van der Waals surface area contributed by atoms with Crippen molar-refractivity contribution < 1.29 is 61.2 Å². The summed E-state index contributed by atoms with van der Waals surface area (Å²) in [5.74, 6) is 0.869. The van der Waals surface area contributed by atoms with Crippen LogP contribution in [0.4, 0.5) is 0 Å². The Morgan fingerprint density at radius 2 is 1.56 bits per heavy atom. The molecule has 39 heavy (non-hydrogen) atoms. The van der Waals surface area contributed by atoms with Crippen LogP contribution in [0.1, 0.15) is 97.9 Å². The van der Waals surface area contributed by atoms with Crippen LogP contribution < -0.4 is 51.4 Å². The Bertz CT molecular complexity index is 973. The summed E-state index contributed by atoms with van der Waals surface area (Å²) in [5, 5.41) is 17.1. The number of hydrogen-bond donors (Lipinski definition) is 1. The van der Waals surface area contributed by atoms with Crippen molar-refractivity contribution >= 4 is 0 Å². The molecule has 1 unspecified atom stereocenters. The molecule has 1 heterocycles. The van der Waals surface area contributed by atoms with Crippen molar-refractivity contribution in [3.8, 4) is 0 Å². The molecule has 1 N–H and O–H groups in total. The van der Waals surface area contributed by atoms with Gasteiger partial charge in [-0.2, -0.15) is 35.9 Å². The van der Waals surface area contributed by atoms with Gasteiger partial charge in [0.2, 0.25) is 0 Å². The molecule has 1 aromatic heterocycles. The molecule has 0 amide bonds. The minimum Gasteiger partial charge on any atom is -0.396 e. The summed E-state index contributed by atoms with van der Waals surface area (Å²) in [5.41, 5.74) is 3.13. The number of aromatic nitrogens is 3. The van der Waals surface area contributed by atoms with E-state index in [1.165, 1.54) is 11.1 Å². The number of aliphatic hydroxyl groups excluding tert-OH is 1. The van der Waals surface area contributed by atoms with Gasteiger partial charge >= 0.3 is 51.4 Å². The van der Waals surface area contributed by atoms with E-state index in [0.29, 0.717) is 19.1 Å². The average molecular weight is 563 g/mol. The van der Waals surface area contributed by atoms with E-state index in [-0.39, 0.29) is 75.9 Å². The second kappa shape index (κ2) is 20.9. The third-order valence-electron chi connectivity index (χ3n) is 6.20. The zero-order chi connectivity index (χ0) is 27.9. The van der Waals surface area contributed by atoms with Crippen molar-refractivity contribution in [1.29, 1.82) is 0 Å². The van der Waals surface area contributed by atoms with Gasteiger partial charge in [0.15, 0.2) is 0 Å². The standard InChI is InChI=1S/C25H32N3O.C5H12O.C2H6.CH3.K/c1-20(22-14-10-7-11-15-22)23-19-28(27-26-23)24(2,3)16-17-29-25(4,5)18-21-12-8-6-9-13-21;1-5(2)3-4-6;1-2;;/h7-15,19-20H,16-18H2,1-5H3;5-6H,3-4H2,1-2H3;1-2H3;1H3;/q-1;;;-1;+1. The molecule has 0 saturated carbocycles. The van der Waals surface area contributed by atoms with Crippen molar-refractivity contribution in [1.82, 2.24) is 15.0 Å². The smallest absolute Gasteiger partial charge is 0.396 e. The molecule has 1 atom stereocenters. The van der Waals surface area contributed by atoms with Crippen molar-refractivity contribution in [2.45, 2.75) is 98.6 Å². The topological polar surface area (TPSA) is 60.2 Å². The number of hydrogen-bond acceptors (Lipinski definition) is 4. The molecule has 0 aliphatic carbocycles. The Labute approximate surface area is 282 Å². The zero-order valence-corrected chi connectivity index (χ0v) is 29.8. The minimum absolute atomic E-state index is 0. The predicted molar refractivity (Wildman–Crippen MR) is 161 cm³/mol. The van der Waals surface area contributed by atoms with E-state index < -0.39 is 0 Å². The second-order valence-corrected chi connectivity index (χ2v) is 10.9. The predicted octanol–water partition coefficient (Wildman–Crippen LogP) is 4.90. The van der Waals surface area contributed by atoms with Crippen molar-refractivity contribution in [2.75, 3.05) is 13.2 Å². The molecule has 2 aromatic carbocycles. The van der Waals surface area contributed by atoms with Gasteiger partial charge in [0.25, 0.3) is 0 Å². The van der Waals surface area contributed by atoms with Crippen LogP contribution in [0.2, 0.25) is 0 Å². The van der Waals surface area contributed by atoms with E-state index in [2.05, 4.69) is 107 Å². The van der Waals surface area contributed by atoms with Crippen LogP contribution in [-0.2, 0) is 16.7 Å². The molecule has 6 heteroatoms. The molecule has 0 saturated heterocycles. The van der Waals surface area contributed by atoms with Crippen LogP contribution in [-0.4, -0.2) is 38.9 Å². The third-order valence-corrected chi connectivity index (χ3v) is 6.20. The molecule has 0 fully saturated rings. The van der Waals surface area contributed by atoms with E-state index in [9.17, 15) is 0 Å². The summed E-state index contributed by atoms with van der Waals surface area (Å²) in [6.45, 7) is 20.0. The first-order valence-corrected chi connectivity index (χ1v) is 13.7. The molecular formula is C33H53KN3O2-. The van der Waals surface area contributed by atoms with Crippen molar-refractivity contribution in [2.24, 2.45) is 5.92 Å². The van der Waals surface area contributed by atoms with Gasteiger partial charge in [0, 0.05) is 25.3 Å². The molecule has 3 rings (SSSR count). The van der Waals surface area contributed by atoms with Crippen LogP contribution in [0.3, 0.4) is 0 Å². The van der Waals surface area contributed by atoms with Gasteiger partial charge in [-0.3, -0.25) is 0 Å². The number of nitrogens with zero attached hydrogens (tertiary/aromatic N) is 3. The summed E-state index contributed by atoms with van der Waals surface area (Å²) in [4.78, 5) is 0. The molecular weight excluding hydrogens is 509 g/mol. The normalized spacial score (nSPS) is 11.7. The fourth-order valence-electron chi connectivity index (χ4n) is 3.72. The first-order chi connectivity index (χ1) is 17.5. The van der Waals surface area contributed by atoms with E-state index in [1.807, 2.05) is 36.7 Å². The van der Waals surface area contributed by atoms with Gasteiger partial charge in [-0.1, -0.05) is 70.2 Å². The zero-order valence-electron chi connectivity index (χ0n) is 26.7. The SMILES string of the molecule is CC.CC(C)CCO.CC(c1ccccc1)c1cn(C(C)(C)CCOC(C)(C)Cc2cc[c-]cc2)nn1.[CH3-].[K+]. The van der Waals surface area contributed by atoms with Crippen molar-refractivity contribution in [3.05, 3.63) is 91.1 Å². The monoisotopic (exact) mass is 562 g/mol. The van der Waals surface area contributed by atoms with Gasteiger partial charge in [-0.15, -0.1) is 5.10 Å². The van der Waals surface area contributed by atoms with Crippen molar-refractivity contribution in [3.63, 3.8) is 0 Å². The third kappa shape index (κ3) is 15.6. The van der Waals surface area contributed by atoms with Gasteiger partial charge in [-0.25, -0.2) is 4.68 Å². The first-order valence-electron chi connectivity index (χ1n) is 13.7. The maximum atomic E-state index is 8.24. The molecule has 5 nitrogen and oxygen atoms in total. The Balaban J connectivity index is 0. The number of benzene rings is 2. The first kappa shape index (κ1) is 40.3. The minimum atomic E-state index is -0.215. The molecule has 0 bridgehead atoms. The Morgan fingerprint density at radius 3 is 2.08 bits per heavy atom. The molecule has 0 radical (unpaired) electrons. The maximum absolute atomic E-state index is 8.24. The van der Waals surface area contributed by atoms with Gasteiger partial charge in [0.05, 0.1) is 16.8 Å². The van der Waals surface area contributed by atoms with Crippen LogP contribution >= 0.6 is 0 Å². The average Bonchev–Trinajstić information content (AvgIpc) is 3.37. The van der Waals surface area contributed by atoms with Crippen LogP contribution in [0.25, 0.3) is 0 Å². The largest absolute Gasteiger partial charge is 1.00 e. The number of aliphatic hydroxyl groups is 1. The number of rotatable bonds is 11. The molecule has 3 aromatic rings. The van der Waals surface area contributed by atoms with Crippen LogP contribution in [0.5, 0.6) is 0 Å².